The molecule has 0 radical (unpaired) electrons. The lowest BCUT2D eigenvalue weighted by Crippen LogP contribution is -2.47. The lowest BCUT2D eigenvalue weighted by Gasteiger charge is -2.30. The van der Waals surface area contributed by atoms with Gasteiger partial charge in [0.05, 0.1) is 23.4 Å². The molecule has 1 aromatic heterocycles. The number of nitrogens with zero attached hydrogens (tertiary/aromatic N) is 2. The van der Waals surface area contributed by atoms with Gasteiger partial charge in [-0.05, 0) is 72.5 Å². The molecular formula is C27H24F5N3O2. The third-order valence-corrected chi connectivity index (χ3v) is 5.72. The average Bonchev–Trinajstić information content (AvgIpc) is 3.25. The van der Waals surface area contributed by atoms with E-state index in [1.807, 2.05) is 5.32 Å². The van der Waals surface area contributed by atoms with E-state index in [0.717, 1.165) is 0 Å². The molecule has 0 bridgehead atoms. The maximum absolute atomic E-state index is 14.1. The van der Waals surface area contributed by atoms with Gasteiger partial charge in [0.2, 0.25) is 0 Å². The van der Waals surface area contributed by atoms with Gasteiger partial charge in [-0.2, -0.15) is 18.3 Å². The Balaban J connectivity index is 1.70. The van der Waals surface area contributed by atoms with Crippen LogP contribution in [-0.4, -0.2) is 27.9 Å². The van der Waals surface area contributed by atoms with Crippen molar-refractivity contribution in [3.05, 3.63) is 90.1 Å². The number of nitrogens with one attached hydrogen (secondary N) is 1. The third-order valence-electron chi connectivity index (χ3n) is 5.72. The van der Waals surface area contributed by atoms with Crippen molar-refractivity contribution in [2.75, 3.05) is 0 Å². The molecule has 1 N–H and O–H groups in total. The zero-order valence-corrected chi connectivity index (χ0v) is 20.0. The van der Waals surface area contributed by atoms with Crippen molar-refractivity contribution in [1.82, 2.24) is 15.1 Å². The Bertz CT molecular complexity index is 1380. The van der Waals surface area contributed by atoms with Crippen molar-refractivity contribution in [2.24, 2.45) is 5.92 Å². The number of aromatic nitrogens is 2. The highest BCUT2D eigenvalue weighted by Crippen LogP contribution is 2.32. The fourth-order valence-electron chi connectivity index (χ4n) is 4.10. The molecule has 1 amide bonds. The first kappa shape index (κ1) is 26.1. The molecule has 0 aliphatic carbocycles. The quantitative estimate of drug-likeness (QED) is 0.271. The van der Waals surface area contributed by atoms with Crippen LogP contribution in [0.2, 0.25) is 0 Å². The van der Waals surface area contributed by atoms with Crippen LogP contribution in [0.15, 0.2) is 72.9 Å². The zero-order chi connectivity index (χ0) is 26.7. The Kier molecular flexibility index (Phi) is 7.47. The molecule has 2 atom stereocenters. The number of benzene rings is 3. The molecule has 0 aliphatic rings. The van der Waals surface area contributed by atoms with Gasteiger partial charge in [-0.15, -0.1) is 0 Å². The molecule has 194 valence electrons. The van der Waals surface area contributed by atoms with Crippen LogP contribution >= 0.6 is 0 Å². The molecule has 0 saturated carbocycles. The van der Waals surface area contributed by atoms with Crippen molar-refractivity contribution in [2.45, 2.75) is 38.6 Å². The van der Waals surface area contributed by atoms with Gasteiger partial charge in [0.1, 0.15) is 23.5 Å². The Morgan fingerprint density at radius 3 is 2.38 bits per heavy atom. The van der Waals surface area contributed by atoms with E-state index in [4.69, 9.17) is 4.74 Å². The number of fused-ring (bicyclic) bond motifs is 1. The number of hydrogen-bond acceptors (Lipinski definition) is 3. The van der Waals surface area contributed by atoms with Crippen LogP contribution < -0.4 is 10.1 Å². The normalized spacial score (nSPS) is 13.5. The lowest BCUT2D eigenvalue weighted by atomic mass is 9.94. The van der Waals surface area contributed by atoms with Crippen molar-refractivity contribution < 1.29 is 31.5 Å². The van der Waals surface area contributed by atoms with Crippen molar-refractivity contribution >= 4 is 16.8 Å². The number of hydrogen-bond donors (Lipinski definition) is 1. The fourth-order valence-corrected chi connectivity index (χ4v) is 4.10. The lowest BCUT2D eigenvalue weighted by molar-refractivity contribution is -0.175. The molecule has 0 unspecified atom stereocenters. The highest BCUT2D eigenvalue weighted by molar-refractivity contribution is 5.82. The molecule has 0 saturated heterocycles. The topological polar surface area (TPSA) is 56.1 Å². The van der Waals surface area contributed by atoms with E-state index in [-0.39, 0.29) is 29.5 Å². The van der Waals surface area contributed by atoms with E-state index in [9.17, 15) is 26.7 Å². The largest absolute Gasteiger partial charge is 0.484 e. The van der Waals surface area contributed by atoms with Gasteiger partial charge in [0.25, 0.3) is 0 Å². The number of halogens is 5. The summed E-state index contributed by atoms with van der Waals surface area (Å²) >= 11 is 0. The summed E-state index contributed by atoms with van der Waals surface area (Å²) < 4.78 is 74.4. The minimum atomic E-state index is -5.09. The summed E-state index contributed by atoms with van der Waals surface area (Å²) in [5, 5.41) is 7.02. The minimum Gasteiger partial charge on any atom is -0.484 e. The number of amides is 1. The van der Waals surface area contributed by atoms with Crippen LogP contribution in [0.25, 0.3) is 16.6 Å². The molecule has 4 rings (SSSR count). The van der Waals surface area contributed by atoms with E-state index in [0.29, 0.717) is 16.6 Å². The number of carbonyl (C=O) groups excluding carboxylic acids is 1. The van der Waals surface area contributed by atoms with E-state index < -0.39 is 30.0 Å². The second-order valence-electron chi connectivity index (χ2n) is 9.05. The second-order valence-corrected chi connectivity index (χ2v) is 9.05. The first-order valence-corrected chi connectivity index (χ1v) is 11.5. The van der Waals surface area contributed by atoms with E-state index in [1.54, 1.807) is 55.1 Å². The molecule has 37 heavy (non-hydrogen) atoms. The van der Waals surface area contributed by atoms with Crippen LogP contribution in [0, 0.1) is 17.6 Å². The fraction of sp³-hybridized carbons (Fsp3) is 0.259. The predicted octanol–water partition coefficient (Wildman–Crippen LogP) is 6.52. The predicted molar refractivity (Wildman–Crippen MR) is 128 cm³/mol. The molecular weight excluding hydrogens is 493 g/mol. The second kappa shape index (κ2) is 10.6. The van der Waals surface area contributed by atoms with Crippen molar-refractivity contribution in [3.63, 3.8) is 0 Å². The maximum Gasteiger partial charge on any atom is 0.471 e. The Hall–Kier alpha value is -3.95. The van der Waals surface area contributed by atoms with E-state index >= 15 is 0 Å². The molecule has 10 heteroatoms. The highest BCUT2D eigenvalue weighted by Gasteiger charge is 2.41. The number of carbonyl (C=O) groups is 1. The van der Waals surface area contributed by atoms with Gasteiger partial charge in [-0.1, -0.05) is 26.0 Å². The molecule has 0 fully saturated rings. The summed E-state index contributed by atoms with van der Waals surface area (Å²) in [6, 6.07) is 15.0. The van der Waals surface area contributed by atoms with Crippen LogP contribution in [0.5, 0.6) is 5.75 Å². The molecule has 4 aromatic rings. The average molecular weight is 517 g/mol. The standard InChI is InChI=1S/C27H24F5N3O2/c1-16(2)12-23(34-26(36)27(30,31)32)25(17-4-3-5-20(29)13-17)37-22-10-11-24-18(14-22)15-33-35(24)21-8-6-19(28)7-9-21/h3-11,13-16,23,25H,12H2,1-2H3,(H,34,36)/t23-,25+/m0/s1. The van der Waals surface area contributed by atoms with Crippen LogP contribution in [-0.2, 0) is 4.79 Å². The number of alkyl halides is 3. The first-order chi connectivity index (χ1) is 17.5. The van der Waals surface area contributed by atoms with Gasteiger partial charge in [0.15, 0.2) is 0 Å². The SMILES string of the molecule is CC(C)C[C@H](NC(=O)C(F)(F)F)[C@H](Oc1ccc2c(cnn2-c2ccc(F)cc2)c1)c1cccc(F)c1. The first-order valence-electron chi connectivity index (χ1n) is 11.5. The molecule has 0 aliphatic heterocycles. The minimum absolute atomic E-state index is 0.102. The Labute approximate surface area is 209 Å². The van der Waals surface area contributed by atoms with Crippen LogP contribution in [0.1, 0.15) is 31.9 Å². The van der Waals surface area contributed by atoms with Crippen LogP contribution in [0.4, 0.5) is 22.0 Å². The zero-order valence-electron chi connectivity index (χ0n) is 20.0. The van der Waals surface area contributed by atoms with Gasteiger partial charge in [0, 0.05) is 5.39 Å². The summed E-state index contributed by atoms with van der Waals surface area (Å²) in [5.74, 6) is -2.88. The van der Waals surface area contributed by atoms with Crippen molar-refractivity contribution in [3.8, 4) is 11.4 Å². The molecule has 0 spiro atoms. The van der Waals surface area contributed by atoms with Gasteiger partial charge in [-0.25, -0.2) is 13.5 Å². The summed E-state index contributed by atoms with van der Waals surface area (Å²) in [6.45, 7) is 3.59. The molecule has 1 heterocycles. The summed E-state index contributed by atoms with van der Waals surface area (Å²) in [5.41, 5.74) is 1.59. The number of ether oxygens (including phenoxy) is 1. The summed E-state index contributed by atoms with van der Waals surface area (Å²) in [6.07, 6.45) is -4.49. The van der Waals surface area contributed by atoms with Crippen molar-refractivity contribution in [1.29, 1.82) is 0 Å². The van der Waals surface area contributed by atoms with Gasteiger partial charge >= 0.3 is 12.1 Å². The Morgan fingerprint density at radius 2 is 1.73 bits per heavy atom. The highest BCUT2D eigenvalue weighted by atomic mass is 19.4. The third kappa shape index (κ3) is 6.25. The van der Waals surface area contributed by atoms with Crippen LogP contribution in [0.3, 0.4) is 0 Å². The van der Waals surface area contributed by atoms with E-state index in [1.165, 1.54) is 36.4 Å². The Morgan fingerprint density at radius 1 is 1.00 bits per heavy atom. The molecule has 5 nitrogen and oxygen atoms in total. The maximum atomic E-state index is 14.1. The van der Waals surface area contributed by atoms with E-state index in [2.05, 4.69) is 5.10 Å². The molecule has 3 aromatic carbocycles. The number of rotatable bonds is 8. The summed E-state index contributed by atoms with van der Waals surface area (Å²) in [7, 11) is 0. The van der Waals surface area contributed by atoms with Gasteiger partial charge in [-0.3, -0.25) is 4.79 Å². The van der Waals surface area contributed by atoms with Gasteiger partial charge < -0.3 is 10.1 Å². The monoisotopic (exact) mass is 517 g/mol. The smallest absolute Gasteiger partial charge is 0.471 e. The summed E-state index contributed by atoms with van der Waals surface area (Å²) in [4.78, 5) is 11.8.